The molecule has 1 unspecified atom stereocenters. The lowest BCUT2D eigenvalue weighted by Crippen LogP contribution is -2.17. The van der Waals surface area contributed by atoms with E-state index in [1.807, 2.05) is 13.8 Å². The van der Waals surface area contributed by atoms with Gasteiger partial charge in [0.15, 0.2) is 9.84 Å². The van der Waals surface area contributed by atoms with E-state index in [2.05, 4.69) is 5.32 Å². The highest BCUT2D eigenvalue weighted by molar-refractivity contribution is 7.91. The molecule has 0 aliphatic carbocycles. The van der Waals surface area contributed by atoms with Gasteiger partial charge >= 0.3 is 5.97 Å². The molecule has 1 amide bonds. The number of carbonyl (C=O) groups excluding carboxylic acids is 2. The molecule has 0 saturated carbocycles. The first-order chi connectivity index (χ1) is 11.2. The number of carbonyl (C=O) groups is 2. The zero-order valence-corrected chi connectivity index (χ0v) is 14.8. The second-order valence-electron chi connectivity index (χ2n) is 6.59. The van der Waals surface area contributed by atoms with Gasteiger partial charge < -0.3 is 10.1 Å². The summed E-state index contributed by atoms with van der Waals surface area (Å²) in [6.45, 7) is 4.28. The van der Waals surface area contributed by atoms with E-state index in [1.54, 1.807) is 24.3 Å². The van der Waals surface area contributed by atoms with Gasteiger partial charge in [0.1, 0.15) is 0 Å². The maximum atomic E-state index is 12.0. The third-order valence-corrected chi connectivity index (χ3v) is 5.59. The van der Waals surface area contributed by atoms with Crippen molar-refractivity contribution in [2.45, 2.75) is 26.7 Å². The molecule has 0 aromatic heterocycles. The van der Waals surface area contributed by atoms with Crippen LogP contribution < -0.4 is 5.32 Å². The zero-order valence-electron chi connectivity index (χ0n) is 13.9. The normalized spacial score (nSPS) is 19.2. The number of nitrogens with one attached hydrogen (secondary N) is 1. The fourth-order valence-electron chi connectivity index (χ4n) is 2.52. The first kappa shape index (κ1) is 18.4. The highest BCUT2D eigenvalue weighted by atomic mass is 32.2. The third kappa shape index (κ3) is 5.63. The van der Waals surface area contributed by atoms with Crippen LogP contribution in [0.3, 0.4) is 0 Å². The molecule has 2 rings (SSSR count). The predicted molar refractivity (Wildman–Crippen MR) is 91.6 cm³/mol. The monoisotopic (exact) mass is 353 g/mol. The molecular formula is C17H23NO5S. The Kier molecular flexibility index (Phi) is 5.99. The molecule has 7 heteroatoms. The van der Waals surface area contributed by atoms with Crippen molar-refractivity contribution in [3.63, 3.8) is 0 Å². The molecule has 1 aromatic carbocycles. The van der Waals surface area contributed by atoms with Gasteiger partial charge in [-0.15, -0.1) is 0 Å². The number of hydrogen-bond acceptors (Lipinski definition) is 5. The Morgan fingerprint density at radius 1 is 1.25 bits per heavy atom. The number of benzene rings is 1. The topological polar surface area (TPSA) is 89.5 Å². The number of sulfone groups is 1. The summed E-state index contributed by atoms with van der Waals surface area (Å²) in [4.78, 5) is 23.8. The van der Waals surface area contributed by atoms with Gasteiger partial charge in [0, 0.05) is 12.1 Å². The Hall–Kier alpha value is -1.89. The zero-order chi connectivity index (χ0) is 17.7. The van der Waals surface area contributed by atoms with E-state index in [-0.39, 0.29) is 35.7 Å². The third-order valence-electron chi connectivity index (χ3n) is 3.75. The molecule has 6 nitrogen and oxygen atoms in total. The molecule has 132 valence electrons. The van der Waals surface area contributed by atoms with Crippen LogP contribution in [0.4, 0.5) is 5.69 Å². The molecule has 1 atom stereocenters. The molecule has 0 radical (unpaired) electrons. The summed E-state index contributed by atoms with van der Waals surface area (Å²) in [6.07, 6.45) is 0.730. The first-order valence-electron chi connectivity index (χ1n) is 8.02. The molecule has 0 bridgehead atoms. The average Bonchev–Trinajstić information content (AvgIpc) is 2.84. The molecule has 1 heterocycles. The largest absolute Gasteiger partial charge is 0.462 e. The first-order valence-corrected chi connectivity index (χ1v) is 9.85. The van der Waals surface area contributed by atoms with Crippen LogP contribution in [0.5, 0.6) is 0 Å². The molecule has 1 N–H and O–H groups in total. The van der Waals surface area contributed by atoms with Crippen molar-refractivity contribution in [1.82, 2.24) is 0 Å². The van der Waals surface area contributed by atoms with Crippen molar-refractivity contribution in [2.24, 2.45) is 11.8 Å². The van der Waals surface area contributed by atoms with Crippen LogP contribution in [0.25, 0.3) is 0 Å². The Bertz CT molecular complexity index is 694. The van der Waals surface area contributed by atoms with Crippen LogP contribution in [0.15, 0.2) is 24.3 Å². The molecule has 1 fully saturated rings. The van der Waals surface area contributed by atoms with Crippen LogP contribution >= 0.6 is 0 Å². The molecule has 0 spiro atoms. The van der Waals surface area contributed by atoms with E-state index < -0.39 is 15.8 Å². The Labute approximate surface area is 142 Å². The van der Waals surface area contributed by atoms with Crippen LogP contribution in [-0.2, 0) is 19.4 Å². The summed E-state index contributed by atoms with van der Waals surface area (Å²) in [5.41, 5.74) is 0.997. The lowest BCUT2D eigenvalue weighted by atomic mass is 10.0. The molecular weight excluding hydrogens is 330 g/mol. The molecule has 1 saturated heterocycles. The van der Waals surface area contributed by atoms with Crippen LogP contribution in [0.1, 0.15) is 37.0 Å². The summed E-state index contributed by atoms with van der Waals surface area (Å²) >= 11 is 0. The van der Waals surface area contributed by atoms with Gasteiger partial charge in [-0.25, -0.2) is 13.2 Å². The second-order valence-corrected chi connectivity index (χ2v) is 8.82. The van der Waals surface area contributed by atoms with Gasteiger partial charge in [-0.1, -0.05) is 13.8 Å². The minimum absolute atomic E-state index is 0.0844. The summed E-state index contributed by atoms with van der Waals surface area (Å²) in [6, 6.07) is 6.46. The average molecular weight is 353 g/mol. The van der Waals surface area contributed by atoms with Gasteiger partial charge in [-0.05, 0) is 42.5 Å². The summed E-state index contributed by atoms with van der Waals surface area (Å²) in [5, 5.41) is 2.73. The lowest BCUT2D eigenvalue weighted by Gasteiger charge is -2.10. The number of esters is 1. The van der Waals surface area contributed by atoms with Crippen LogP contribution in [0, 0.1) is 11.8 Å². The second kappa shape index (κ2) is 7.79. The lowest BCUT2D eigenvalue weighted by molar-refractivity contribution is -0.116. The maximum Gasteiger partial charge on any atom is 0.338 e. The van der Waals surface area contributed by atoms with E-state index >= 15 is 0 Å². The molecule has 24 heavy (non-hydrogen) atoms. The predicted octanol–water partition coefficient (Wildman–Crippen LogP) is 2.26. The van der Waals surface area contributed by atoms with Gasteiger partial charge in [-0.2, -0.15) is 0 Å². The van der Waals surface area contributed by atoms with E-state index in [4.69, 9.17) is 4.74 Å². The quantitative estimate of drug-likeness (QED) is 0.792. The van der Waals surface area contributed by atoms with Crippen molar-refractivity contribution in [1.29, 1.82) is 0 Å². The van der Waals surface area contributed by atoms with E-state index in [1.165, 1.54) is 0 Å². The highest BCUT2D eigenvalue weighted by Gasteiger charge is 2.29. The van der Waals surface area contributed by atoms with E-state index in [0.29, 0.717) is 24.3 Å². The molecule has 1 aromatic rings. The molecule has 1 aliphatic rings. The van der Waals surface area contributed by atoms with Gasteiger partial charge in [0.25, 0.3) is 0 Å². The van der Waals surface area contributed by atoms with Crippen molar-refractivity contribution in [3.8, 4) is 0 Å². The van der Waals surface area contributed by atoms with Gasteiger partial charge in [0.2, 0.25) is 5.91 Å². The SMILES string of the molecule is CC(C)COC(=O)c1ccc(NC(=O)CC2CCS(=O)(=O)C2)cc1. The summed E-state index contributed by atoms with van der Waals surface area (Å²) in [7, 11) is -2.97. The van der Waals surface area contributed by atoms with Crippen LogP contribution in [-0.4, -0.2) is 38.4 Å². The Balaban J connectivity index is 1.85. The van der Waals surface area contributed by atoms with Crippen molar-refractivity contribution >= 4 is 27.4 Å². The number of amides is 1. The van der Waals surface area contributed by atoms with Crippen molar-refractivity contribution in [2.75, 3.05) is 23.4 Å². The van der Waals surface area contributed by atoms with Gasteiger partial charge in [-0.3, -0.25) is 4.79 Å². The maximum absolute atomic E-state index is 12.0. The molecule has 1 aliphatic heterocycles. The minimum Gasteiger partial charge on any atom is -0.462 e. The van der Waals surface area contributed by atoms with Gasteiger partial charge in [0.05, 0.1) is 23.7 Å². The van der Waals surface area contributed by atoms with Crippen molar-refractivity contribution in [3.05, 3.63) is 29.8 Å². The summed E-state index contributed by atoms with van der Waals surface area (Å²) < 4.78 is 27.9. The van der Waals surface area contributed by atoms with E-state index in [9.17, 15) is 18.0 Å². The fourth-order valence-corrected chi connectivity index (χ4v) is 4.38. The number of ether oxygens (including phenoxy) is 1. The number of hydrogen-bond donors (Lipinski definition) is 1. The smallest absolute Gasteiger partial charge is 0.338 e. The Morgan fingerprint density at radius 2 is 1.92 bits per heavy atom. The summed E-state index contributed by atoms with van der Waals surface area (Å²) in [5.74, 6) is -0.198. The van der Waals surface area contributed by atoms with E-state index in [0.717, 1.165) is 0 Å². The minimum atomic E-state index is -2.97. The highest BCUT2D eigenvalue weighted by Crippen LogP contribution is 2.22. The fraction of sp³-hybridized carbons (Fsp3) is 0.529. The number of rotatable bonds is 6. The standard InChI is InChI=1S/C17H23NO5S/c1-12(2)10-23-17(20)14-3-5-15(6-4-14)18-16(19)9-13-7-8-24(21,22)11-13/h3-6,12-13H,7-11H2,1-2H3,(H,18,19). The van der Waals surface area contributed by atoms with Crippen LogP contribution in [0.2, 0.25) is 0 Å². The van der Waals surface area contributed by atoms with Crippen molar-refractivity contribution < 1.29 is 22.7 Å². The number of anilines is 1. The Morgan fingerprint density at radius 3 is 2.46 bits per heavy atom.